The number of benzene rings is 2. The van der Waals surface area contributed by atoms with E-state index in [-0.39, 0.29) is 21.2 Å². The molecular formula is C15H12BrCl2NO4S. The van der Waals surface area contributed by atoms with Gasteiger partial charge < -0.3 is 4.74 Å². The number of ether oxygens (including phenoxy) is 1. The molecule has 0 amide bonds. The molecule has 128 valence electrons. The zero-order chi connectivity index (χ0) is 18.1. The highest BCUT2D eigenvalue weighted by Crippen LogP contribution is 2.28. The molecule has 0 N–H and O–H groups in total. The lowest BCUT2D eigenvalue weighted by molar-refractivity contribution is 0.0734. The summed E-state index contributed by atoms with van der Waals surface area (Å²) < 4.78 is 31.2. The third kappa shape index (κ3) is 4.10. The number of carbonyl (C=O) groups excluding carboxylic acids is 1. The van der Waals surface area contributed by atoms with E-state index in [1.54, 1.807) is 0 Å². The maximum absolute atomic E-state index is 12.3. The fraction of sp³-hybridized carbons (Fsp3) is 0.133. The summed E-state index contributed by atoms with van der Waals surface area (Å²) in [6.45, 7) is 0. The first-order valence-corrected chi connectivity index (χ1v) is 9.51. The van der Waals surface area contributed by atoms with Crippen LogP contribution in [0.25, 0.3) is 0 Å². The molecule has 2 aromatic rings. The van der Waals surface area contributed by atoms with Gasteiger partial charge in [0.25, 0.3) is 0 Å². The van der Waals surface area contributed by atoms with Crippen LogP contribution in [0.5, 0.6) is 5.75 Å². The molecule has 0 atom stereocenters. The first-order valence-electron chi connectivity index (χ1n) is 6.52. The van der Waals surface area contributed by atoms with Gasteiger partial charge in [0.1, 0.15) is 5.75 Å². The summed E-state index contributed by atoms with van der Waals surface area (Å²) in [5, 5.41) is 0.577. The predicted octanol–water partition coefficient (Wildman–Crippen LogP) is 4.23. The monoisotopic (exact) mass is 451 g/mol. The summed E-state index contributed by atoms with van der Waals surface area (Å²) in [4.78, 5) is 12.2. The van der Waals surface area contributed by atoms with Crippen molar-refractivity contribution in [1.82, 2.24) is 4.31 Å². The van der Waals surface area contributed by atoms with Crippen molar-refractivity contribution >= 4 is 55.1 Å². The molecule has 5 nitrogen and oxygen atoms in total. The van der Waals surface area contributed by atoms with Gasteiger partial charge in [-0.15, -0.1) is 0 Å². The van der Waals surface area contributed by atoms with Crippen LogP contribution in [0.3, 0.4) is 0 Å². The van der Waals surface area contributed by atoms with E-state index < -0.39 is 16.0 Å². The molecule has 2 rings (SSSR count). The molecule has 0 spiro atoms. The van der Waals surface area contributed by atoms with E-state index >= 15 is 0 Å². The number of carbonyl (C=O) groups is 1. The lowest BCUT2D eigenvalue weighted by Gasteiger charge is -2.14. The van der Waals surface area contributed by atoms with Crippen molar-refractivity contribution in [3.63, 3.8) is 0 Å². The Morgan fingerprint density at radius 1 is 1.08 bits per heavy atom. The van der Waals surface area contributed by atoms with Gasteiger partial charge in [0.15, 0.2) is 0 Å². The van der Waals surface area contributed by atoms with E-state index in [4.69, 9.17) is 27.9 Å². The van der Waals surface area contributed by atoms with Crippen LogP contribution < -0.4 is 4.74 Å². The lowest BCUT2D eigenvalue weighted by atomic mass is 10.2. The Bertz CT molecular complexity index is 900. The molecule has 2 aromatic carbocycles. The van der Waals surface area contributed by atoms with Crippen molar-refractivity contribution in [1.29, 1.82) is 0 Å². The molecule has 0 heterocycles. The minimum absolute atomic E-state index is 0.0314. The van der Waals surface area contributed by atoms with Crippen molar-refractivity contribution in [2.75, 3.05) is 14.1 Å². The van der Waals surface area contributed by atoms with Gasteiger partial charge in [0.2, 0.25) is 10.0 Å². The summed E-state index contributed by atoms with van der Waals surface area (Å²) in [6.07, 6.45) is 0. The summed E-state index contributed by atoms with van der Waals surface area (Å²) in [7, 11) is -0.898. The van der Waals surface area contributed by atoms with Crippen LogP contribution in [0.1, 0.15) is 10.4 Å². The fourth-order valence-corrected chi connectivity index (χ4v) is 3.86. The largest absolute Gasteiger partial charge is 0.423 e. The Hall–Kier alpha value is -1.12. The standard InChI is InChI=1S/C15H12BrCl2NO4S/c1-19(2)24(21,22)14-7-9(3-5-11(14)16)15(20)23-10-4-6-12(17)13(18)8-10/h3-8H,1-2H3. The molecule has 9 heteroatoms. The van der Waals surface area contributed by atoms with Gasteiger partial charge in [-0.05, 0) is 46.3 Å². The van der Waals surface area contributed by atoms with Crippen LogP contribution in [-0.2, 0) is 10.0 Å². The molecule has 0 saturated heterocycles. The SMILES string of the molecule is CN(C)S(=O)(=O)c1cc(C(=O)Oc2ccc(Cl)c(Cl)c2)ccc1Br. The van der Waals surface area contributed by atoms with Gasteiger partial charge in [-0.3, -0.25) is 0 Å². The van der Waals surface area contributed by atoms with Crippen molar-refractivity contribution in [3.8, 4) is 5.75 Å². The molecule has 0 aliphatic heterocycles. The normalized spacial score (nSPS) is 11.6. The third-order valence-electron chi connectivity index (χ3n) is 3.03. The molecule has 0 bridgehead atoms. The highest BCUT2D eigenvalue weighted by atomic mass is 79.9. The van der Waals surface area contributed by atoms with E-state index in [0.29, 0.717) is 9.50 Å². The smallest absolute Gasteiger partial charge is 0.343 e. The topological polar surface area (TPSA) is 63.7 Å². The summed E-state index contributed by atoms with van der Waals surface area (Å²) in [5.74, 6) is -0.509. The minimum Gasteiger partial charge on any atom is -0.423 e. The fourth-order valence-electron chi connectivity index (χ4n) is 1.73. The second-order valence-corrected chi connectivity index (χ2v) is 8.69. The zero-order valence-corrected chi connectivity index (χ0v) is 16.5. The second-order valence-electron chi connectivity index (χ2n) is 4.90. The first-order chi connectivity index (χ1) is 11.1. The van der Waals surface area contributed by atoms with Crippen LogP contribution in [0.4, 0.5) is 0 Å². The van der Waals surface area contributed by atoms with Crippen LogP contribution in [0.2, 0.25) is 10.0 Å². The molecule has 0 fully saturated rings. The number of sulfonamides is 1. The van der Waals surface area contributed by atoms with Crippen LogP contribution in [-0.4, -0.2) is 32.8 Å². The molecule has 0 saturated carbocycles. The maximum Gasteiger partial charge on any atom is 0.343 e. The summed E-state index contributed by atoms with van der Waals surface area (Å²) in [5.41, 5.74) is 0.0877. The molecule has 0 aromatic heterocycles. The lowest BCUT2D eigenvalue weighted by Crippen LogP contribution is -2.23. The molecule has 0 aliphatic rings. The zero-order valence-electron chi connectivity index (χ0n) is 12.6. The Morgan fingerprint density at radius 3 is 2.33 bits per heavy atom. The molecule has 0 unspecified atom stereocenters. The van der Waals surface area contributed by atoms with Gasteiger partial charge in [0.05, 0.1) is 20.5 Å². The number of hydrogen-bond donors (Lipinski definition) is 0. The third-order valence-corrected chi connectivity index (χ3v) is 6.58. The Balaban J connectivity index is 2.35. The van der Waals surface area contributed by atoms with Gasteiger partial charge in [0, 0.05) is 24.6 Å². The number of halogens is 3. The highest BCUT2D eigenvalue weighted by Gasteiger charge is 2.22. The van der Waals surface area contributed by atoms with E-state index in [1.165, 1.54) is 50.5 Å². The number of rotatable bonds is 4. The van der Waals surface area contributed by atoms with E-state index in [9.17, 15) is 13.2 Å². The Kier molecular flexibility index (Phi) is 5.93. The van der Waals surface area contributed by atoms with Crippen molar-refractivity contribution < 1.29 is 17.9 Å². The van der Waals surface area contributed by atoms with Crippen LogP contribution in [0.15, 0.2) is 45.8 Å². The van der Waals surface area contributed by atoms with Crippen molar-refractivity contribution in [2.24, 2.45) is 0 Å². The van der Waals surface area contributed by atoms with Crippen LogP contribution >= 0.6 is 39.1 Å². The van der Waals surface area contributed by atoms with Crippen molar-refractivity contribution in [3.05, 3.63) is 56.5 Å². The van der Waals surface area contributed by atoms with Crippen LogP contribution in [0, 0.1) is 0 Å². The number of hydrogen-bond acceptors (Lipinski definition) is 4. The maximum atomic E-state index is 12.3. The van der Waals surface area contributed by atoms with Gasteiger partial charge in [-0.2, -0.15) is 0 Å². The van der Waals surface area contributed by atoms with Gasteiger partial charge >= 0.3 is 5.97 Å². The summed E-state index contributed by atoms with van der Waals surface area (Å²) >= 11 is 14.9. The van der Waals surface area contributed by atoms with E-state index in [0.717, 1.165) is 4.31 Å². The number of esters is 1. The Labute approximate surface area is 158 Å². The summed E-state index contributed by atoms with van der Waals surface area (Å²) in [6, 6.07) is 8.57. The van der Waals surface area contributed by atoms with E-state index in [1.807, 2.05) is 0 Å². The Morgan fingerprint density at radius 2 is 1.75 bits per heavy atom. The van der Waals surface area contributed by atoms with E-state index in [2.05, 4.69) is 15.9 Å². The average molecular weight is 453 g/mol. The molecule has 24 heavy (non-hydrogen) atoms. The second kappa shape index (κ2) is 7.41. The number of nitrogens with zero attached hydrogens (tertiary/aromatic N) is 1. The first kappa shape index (κ1) is 19.2. The molecule has 0 radical (unpaired) electrons. The predicted molar refractivity (Wildman–Crippen MR) is 96.4 cm³/mol. The minimum atomic E-state index is -3.71. The van der Waals surface area contributed by atoms with Crippen molar-refractivity contribution in [2.45, 2.75) is 4.90 Å². The van der Waals surface area contributed by atoms with Gasteiger partial charge in [-0.25, -0.2) is 17.5 Å². The molecular weight excluding hydrogens is 441 g/mol. The average Bonchev–Trinajstić information content (AvgIpc) is 2.51. The quantitative estimate of drug-likeness (QED) is 0.514. The molecule has 0 aliphatic carbocycles. The highest BCUT2D eigenvalue weighted by molar-refractivity contribution is 9.10. The van der Waals surface area contributed by atoms with Gasteiger partial charge in [-0.1, -0.05) is 23.2 Å².